The number of esters is 1. The maximum atomic E-state index is 13.4. The van der Waals surface area contributed by atoms with Gasteiger partial charge in [0.1, 0.15) is 5.75 Å². The quantitative estimate of drug-likeness (QED) is 0.152. The molecule has 1 aromatic rings. The second kappa shape index (κ2) is 9.19. The monoisotopic (exact) mass is 497 g/mol. The van der Waals surface area contributed by atoms with Crippen molar-refractivity contribution in [3.05, 3.63) is 38.5 Å². The van der Waals surface area contributed by atoms with Gasteiger partial charge in [0.05, 0.1) is 17.6 Å². The average molecular weight is 498 g/mol. The number of hydrogen-bond donors (Lipinski definition) is 1. The first-order chi connectivity index (χ1) is 13.9. The van der Waals surface area contributed by atoms with E-state index in [0.717, 1.165) is 13.1 Å². The third kappa shape index (κ3) is 5.75. The Bertz CT molecular complexity index is 905. The molecular weight excluding hydrogens is 483 g/mol. The van der Waals surface area contributed by atoms with Crippen LogP contribution in [0.15, 0.2) is 27.5 Å². The lowest BCUT2D eigenvalue weighted by Crippen LogP contribution is -2.41. The number of alkyl halides is 3. The summed E-state index contributed by atoms with van der Waals surface area (Å²) < 4.78 is 50.4. The zero-order valence-electron chi connectivity index (χ0n) is 15.5. The summed E-state index contributed by atoms with van der Waals surface area (Å²) >= 11 is 3.21. The summed E-state index contributed by atoms with van der Waals surface area (Å²) in [6.45, 7) is -0.133. The number of likely N-dealkylation sites (N-methyl/N-ethyl adjacent to an activating group) is 1. The molecule has 164 valence electrons. The molecule has 1 heterocycles. The highest BCUT2D eigenvalue weighted by atomic mass is 79.9. The third-order valence-corrected chi connectivity index (χ3v) is 4.11. The molecule has 1 N–H and O–H groups in total. The van der Waals surface area contributed by atoms with Crippen LogP contribution in [0.2, 0.25) is 0 Å². The largest absolute Gasteiger partial charge is 0.569 e. The smallest absolute Gasteiger partial charge is 0.430 e. The number of hydrogen-bond acceptors (Lipinski definition) is 7. The predicted molar refractivity (Wildman–Crippen MR) is 95.7 cm³/mol. The van der Waals surface area contributed by atoms with Crippen LogP contribution < -0.4 is 4.74 Å². The molecule has 0 aliphatic carbocycles. The van der Waals surface area contributed by atoms with Gasteiger partial charge in [0.15, 0.2) is 6.54 Å². The van der Waals surface area contributed by atoms with Gasteiger partial charge >= 0.3 is 18.1 Å². The van der Waals surface area contributed by atoms with Crippen molar-refractivity contribution in [3.8, 4) is 5.75 Å². The van der Waals surface area contributed by atoms with E-state index in [9.17, 15) is 28.0 Å². The molecule has 0 aromatic heterocycles. The second-order valence-corrected chi connectivity index (χ2v) is 6.92. The first kappa shape index (κ1) is 23.3. The van der Waals surface area contributed by atoms with Crippen molar-refractivity contribution >= 4 is 33.9 Å². The number of benzene rings is 1. The van der Waals surface area contributed by atoms with Crippen LogP contribution >= 0.6 is 15.9 Å². The van der Waals surface area contributed by atoms with Crippen LogP contribution in [-0.2, 0) is 19.2 Å². The minimum absolute atomic E-state index is 0.0215. The minimum atomic E-state index is -4.90. The SMILES string of the molecule is Cc1cc(Br)cc2c1OC(C(F)(F)F)C(C(=O)OCON=[N+]([O-])N(C)CC(=O)O)=C2. The van der Waals surface area contributed by atoms with E-state index in [4.69, 9.17) is 9.84 Å². The minimum Gasteiger partial charge on any atom is -0.569 e. The average Bonchev–Trinajstić information content (AvgIpc) is 2.62. The van der Waals surface area contributed by atoms with Gasteiger partial charge in [0.2, 0.25) is 11.4 Å². The molecule has 1 aromatic carbocycles. The molecule has 1 aliphatic rings. The summed E-state index contributed by atoms with van der Waals surface area (Å²) in [5.74, 6) is -2.73. The Hall–Kier alpha value is -3.03. The molecule has 30 heavy (non-hydrogen) atoms. The molecule has 14 heteroatoms. The van der Waals surface area contributed by atoms with Crippen LogP contribution in [0.3, 0.4) is 0 Å². The molecule has 0 radical (unpaired) electrons. The summed E-state index contributed by atoms with van der Waals surface area (Å²) in [5, 5.41) is 23.4. The van der Waals surface area contributed by atoms with Crippen molar-refractivity contribution in [1.82, 2.24) is 5.01 Å². The summed E-state index contributed by atoms with van der Waals surface area (Å²) in [6, 6.07) is 3.04. The molecule has 2 rings (SSSR count). The molecule has 1 atom stereocenters. The Morgan fingerprint density at radius 1 is 1.43 bits per heavy atom. The Morgan fingerprint density at radius 2 is 2.10 bits per heavy atom. The van der Waals surface area contributed by atoms with Gasteiger partial charge in [-0.15, -0.1) is 5.01 Å². The summed E-state index contributed by atoms with van der Waals surface area (Å²) in [5.41, 5.74) is -0.153. The molecule has 10 nitrogen and oxygen atoms in total. The number of hydrazine groups is 1. The van der Waals surface area contributed by atoms with E-state index in [0.29, 0.717) is 15.0 Å². The van der Waals surface area contributed by atoms with Gasteiger partial charge in [0, 0.05) is 10.0 Å². The van der Waals surface area contributed by atoms with Crippen molar-refractivity contribution in [2.75, 3.05) is 20.4 Å². The summed E-state index contributed by atoms with van der Waals surface area (Å²) in [6.07, 6.45) is -6.47. The number of carboxylic acids is 1. The second-order valence-electron chi connectivity index (χ2n) is 6.00. The lowest BCUT2D eigenvalue weighted by molar-refractivity contribution is -0.704. The highest BCUT2D eigenvalue weighted by Crippen LogP contribution is 2.40. The van der Waals surface area contributed by atoms with Gasteiger partial charge in [0.25, 0.3) is 6.79 Å². The molecule has 0 amide bonds. The number of rotatable bonds is 7. The van der Waals surface area contributed by atoms with Crippen molar-refractivity contribution < 1.29 is 47.1 Å². The summed E-state index contributed by atoms with van der Waals surface area (Å²) in [7, 11) is 1.09. The lowest BCUT2D eigenvalue weighted by atomic mass is 9.99. The van der Waals surface area contributed by atoms with Gasteiger partial charge in [-0.3, -0.25) is 4.79 Å². The fourth-order valence-corrected chi connectivity index (χ4v) is 3.00. The molecule has 0 bridgehead atoms. The fourth-order valence-electron chi connectivity index (χ4n) is 2.41. The van der Waals surface area contributed by atoms with E-state index in [1.807, 2.05) is 0 Å². The highest BCUT2D eigenvalue weighted by molar-refractivity contribution is 9.10. The number of halogens is 4. The molecule has 0 spiro atoms. The van der Waals surface area contributed by atoms with Crippen LogP contribution in [-0.4, -0.2) is 59.7 Å². The van der Waals surface area contributed by atoms with Gasteiger partial charge in [-0.05, 0) is 30.7 Å². The van der Waals surface area contributed by atoms with Gasteiger partial charge in [-0.25, -0.2) is 4.79 Å². The molecule has 1 unspecified atom stereocenters. The van der Waals surface area contributed by atoms with Gasteiger partial charge in [-0.2, -0.15) is 13.2 Å². The lowest BCUT2D eigenvalue weighted by Gasteiger charge is -2.28. The van der Waals surface area contributed by atoms with Crippen LogP contribution in [0.1, 0.15) is 11.1 Å². The Balaban J connectivity index is 2.13. The van der Waals surface area contributed by atoms with Crippen molar-refractivity contribution in [3.63, 3.8) is 0 Å². The number of aliphatic carboxylic acids is 1. The number of fused-ring (bicyclic) bond motifs is 1. The van der Waals surface area contributed by atoms with Crippen molar-refractivity contribution in [2.24, 2.45) is 5.28 Å². The molecule has 0 saturated carbocycles. The van der Waals surface area contributed by atoms with Crippen LogP contribution in [0.25, 0.3) is 6.08 Å². The Labute approximate surface area is 175 Å². The normalized spacial score (nSPS) is 16.1. The molecule has 0 fully saturated rings. The third-order valence-electron chi connectivity index (χ3n) is 3.66. The van der Waals surface area contributed by atoms with Gasteiger partial charge < -0.3 is 24.6 Å². The fraction of sp³-hybridized carbons (Fsp3) is 0.375. The zero-order valence-corrected chi connectivity index (χ0v) is 17.1. The van der Waals surface area contributed by atoms with Crippen molar-refractivity contribution in [2.45, 2.75) is 19.2 Å². The van der Waals surface area contributed by atoms with E-state index in [1.165, 1.54) is 6.07 Å². The topological polar surface area (TPSA) is 124 Å². The number of carbonyl (C=O) groups is 2. The zero-order chi connectivity index (χ0) is 22.6. The van der Waals surface area contributed by atoms with Gasteiger partial charge in [-0.1, -0.05) is 15.9 Å². The maximum absolute atomic E-state index is 13.4. The number of carboxylic acid groups (broad SMARTS) is 1. The van der Waals surface area contributed by atoms with Crippen LogP contribution in [0.4, 0.5) is 13.2 Å². The first-order valence-corrected chi connectivity index (χ1v) is 8.84. The van der Waals surface area contributed by atoms with E-state index >= 15 is 0 Å². The van der Waals surface area contributed by atoms with E-state index in [-0.39, 0.29) is 16.3 Å². The molecular formula is C16H15BrF3N3O7. The van der Waals surface area contributed by atoms with Crippen molar-refractivity contribution in [1.29, 1.82) is 0 Å². The summed E-state index contributed by atoms with van der Waals surface area (Å²) in [4.78, 5) is 26.8. The Kier molecular flexibility index (Phi) is 7.12. The predicted octanol–water partition coefficient (Wildman–Crippen LogP) is 2.79. The number of aryl methyl sites for hydroxylation is 1. The standard InChI is InChI=1S/C16H15BrF3N3O7/c1-8-3-10(17)4-9-5-11(14(16(18,19)20)30-13(8)9)15(26)28-7-29-21-23(27)22(2)6-12(24)25/h3-5,14H,6-7H2,1-2H3,(H,24,25). The van der Waals surface area contributed by atoms with E-state index in [2.05, 4.69) is 30.8 Å². The highest BCUT2D eigenvalue weighted by Gasteiger charge is 2.49. The molecule has 0 saturated heterocycles. The maximum Gasteiger partial charge on any atom is 0.430 e. The van der Waals surface area contributed by atoms with E-state index < -0.39 is 43.1 Å². The van der Waals surface area contributed by atoms with E-state index in [1.54, 1.807) is 13.0 Å². The van der Waals surface area contributed by atoms with Crippen LogP contribution in [0, 0.1) is 12.1 Å². The molecule has 1 aliphatic heterocycles. The number of ether oxygens (including phenoxy) is 2. The number of nitrogens with zero attached hydrogens (tertiary/aromatic N) is 3. The first-order valence-electron chi connectivity index (χ1n) is 8.05. The van der Waals surface area contributed by atoms with Crippen LogP contribution in [0.5, 0.6) is 5.75 Å². The Morgan fingerprint density at radius 3 is 2.70 bits per heavy atom. The number of carbonyl (C=O) groups excluding carboxylic acids is 1.